The molecule has 0 spiro atoms. The van der Waals surface area contributed by atoms with Gasteiger partial charge >= 0.3 is 30.9 Å². The van der Waals surface area contributed by atoms with E-state index in [0.29, 0.717) is 36.4 Å². The lowest BCUT2D eigenvalue weighted by molar-refractivity contribution is 0.0295. The summed E-state index contributed by atoms with van der Waals surface area (Å²) < 4.78 is 105. The Morgan fingerprint density at radius 3 is 1.76 bits per heavy atom. The van der Waals surface area contributed by atoms with Crippen molar-refractivity contribution in [3.05, 3.63) is 41.5 Å². The standard InChI is InChI=1S/C18H30N4O9S3/c1-3-5-7-12-16-17(13-8-6-4-2)21(33(26,27)28)22(34(29,30)31)18(20(16)32(23,24)25)15-11-9-10-14-19-15/h9-11,14,18H,3-8,12-13H2,1-2H3,(H,23,24,25)(H,26,27,28)(H,29,30,31). The van der Waals surface area contributed by atoms with E-state index in [1.165, 1.54) is 24.4 Å². The molecule has 194 valence electrons. The zero-order valence-electron chi connectivity index (χ0n) is 18.8. The SMILES string of the molecule is CCCCCC1=C(CCCCC)N(S(=O)(=O)O)N(S(=O)(=O)O)C(c2ccccn2)N1S(=O)(=O)O. The predicted molar refractivity (Wildman–Crippen MR) is 122 cm³/mol. The number of aromatic nitrogens is 1. The number of hydrogen-bond acceptors (Lipinski definition) is 7. The maximum absolute atomic E-state index is 12.6. The van der Waals surface area contributed by atoms with Crippen LogP contribution in [0.4, 0.5) is 0 Å². The smallest absolute Gasteiger partial charge is 0.272 e. The van der Waals surface area contributed by atoms with Crippen molar-refractivity contribution in [2.75, 3.05) is 0 Å². The van der Waals surface area contributed by atoms with Crippen molar-refractivity contribution in [1.82, 2.24) is 18.1 Å². The topological polar surface area (TPSA) is 186 Å². The van der Waals surface area contributed by atoms with E-state index in [9.17, 15) is 38.9 Å². The Hall–Kier alpha value is -1.82. The molecule has 2 rings (SSSR count). The number of rotatable bonds is 12. The second kappa shape index (κ2) is 11.3. The van der Waals surface area contributed by atoms with Crippen LogP contribution in [0.3, 0.4) is 0 Å². The van der Waals surface area contributed by atoms with Gasteiger partial charge in [-0.2, -0.15) is 29.7 Å². The van der Waals surface area contributed by atoms with Crippen molar-refractivity contribution in [3.8, 4) is 0 Å². The fraction of sp³-hybridized carbons (Fsp3) is 0.611. The third-order valence-corrected chi connectivity index (χ3v) is 7.82. The normalized spacial score (nSPS) is 18.6. The van der Waals surface area contributed by atoms with Gasteiger partial charge in [-0.1, -0.05) is 45.6 Å². The van der Waals surface area contributed by atoms with E-state index in [-0.39, 0.29) is 33.1 Å². The van der Waals surface area contributed by atoms with Crippen molar-refractivity contribution in [3.63, 3.8) is 0 Å². The van der Waals surface area contributed by atoms with Crippen LogP contribution in [0, 0.1) is 0 Å². The second-order valence-corrected chi connectivity index (χ2v) is 11.5. The minimum Gasteiger partial charge on any atom is -0.272 e. The Labute approximate surface area is 200 Å². The Morgan fingerprint density at radius 1 is 0.794 bits per heavy atom. The Balaban J connectivity index is 2.98. The Kier molecular flexibility index (Phi) is 9.43. The van der Waals surface area contributed by atoms with E-state index in [1.807, 2.05) is 13.8 Å². The van der Waals surface area contributed by atoms with E-state index in [4.69, 9.17) is 0 Å². The quantitative estimate of drug-likeness (QED) is 0.262. The molecule has 1 aliphatic rings. The van der Waals surface area contributed by atoms with Crippen LogP contribution in [0.15, 0.2) is 35.8 Å². The van der Waals surface area contributed by atoms with Gasteiger partial charge in [0.25, 0.3) is 0 Å². The first-order valence-electron chi connectivity index (χ1n) is 10.7. The highest BCUT2D eigenvalue weighted by Gasteiger charge is 2.53. The molecule has 1 aliphatic heterocycles. The molecule has 16 heteroatoms. The van der Waals surface area contributed by atoms with E-state index in [0.717, 1.165) is 6.42 Å². The van der Waals surface area contributed by atoms with Gasteiger partial charge in [0.1, 0.15) is 0 Å². The summed E-state index contributed by atoms with van der Waals surface area (Å²) in [5.41, 5.74) is -0.943. The summed E-state index contributed by atoms with van der Waals surface area (Å²) >= 11 is 0. The highest BCUT2D eigenvalue weighted by molar-refractivity contribution is 7.86. The molecule has 0 radical (unpaired) electrons. The van der Waals surface area contributed by atoms with E-state index >= 15 is 0 Å². The largest absolute Gasteiger partial charge is 0.374 e. The minimum absolute atomic E-state index is 0.0136. The molecule has 1 aromatic heterocycles. The van der Waals surface area contributed by atoms with Crippen molar-refractivity contribution >= 4 is 30.9 Å². The van der Waals surface area contributed by atoms with Crippen LogP contribution < -0.4 is 0 Å². The maximum atomic E-state index is 12.6. The number of unbranched alkanes of at least 4 members (excludes halogenated alkanes) is 4. The van der Waals surface area contributed by atoms with Gasteiger partial charge in [-0.05, 0) is 42.2 Å². The summed E-state index contributed by atoms with van der Waals surface area (Å²) in [6.45, 7) is 3.75. The highest BCUT2D eigenvalue weighted by Crippen LogP contribution is 2.44. The number of nitrogens with zero attached hydrogens (tertiary/aromatic N) is 4. The molecular formula is C18H30N4O9S3. The molecule has 1 atom stereocenters. The van der Waals surface area contributed by atoms with Crippen LogP contribution in [0.1, 0.15) is 77.1 Å². The number of pyridine rings is 1. The number of allylic oxidation sites excluding steroid dienone is 2. The fourth-order valence-electron chi connectivity index (χ4n) is 3.76. The summed E-state index contributed by atoms with van der Waals surface area (Å²) in [6.07, 6.45) is 2.09. The lowest BCUT2D eigenvalue weighted by atomic mass is 10.1. The monoisotopic (exact) mass is 542 g/mol. The van der Waals surface area contributed by atoms with Crippen molar-refractivity contribution < 1.29 is 38.9 Å². The van der Waals surface area contributed by atoms with Crippen LogP contribution in [-0.2, 0) is 30.9 Å². The summed E-state index contributed by atoms with van der Waals surface area (Å²) in [7, 11) is -16.1. The Morgan fingerprint density at radius 2 is 1.35 bits per heavy atom. The van der Waals surface area contributed by atoms with E-state index in [1.54, 1.807) is 0 Å². The molecule has 0 aliphatic carbocycles. The number of hydrogen-bond donors (Lipinski definition) is 3. The zero-order chi connectivity index (χ0) is 25.7. The lowest BCUT2D eigenvalue weighted by Crippen LogP contribution is -2.59. The lowest BCUT2D eigenvalue weighted by Gasteiger charge is -2.47. The molecule has 3 N–H and O–H groups in total. The first kappa shape index (κ1) is 28.4. The maximum Gasteiger partial charge on any atom is 0.374 e. The molecule has 0 saturated heterocycles. The molecule has 0 saturated carbocycles. The first-order valence-corrected chi connectivity index (χ1v) is 14.9. The average Bonchev–Trinajstić information content (AvgIpc) is 2.72. The summed E-state index contributed by atoms with van der Waals surface area (Å²) in [5.74, 6) is 0. The molecule has 1 aromatic rings. The zero-order valence-corrected chi connectivity index (χ0v) is 21.3. The van der Waals surface area contributed by atoms with Crippen LogP contribution in [-0.4, -0.2) is 57.0 Å². The van der Waals surface area contributed by atoms with Crippen molar-refractivity contribution in [2.45, 2.75) is 71.4 Å². The molecule has 34 heavy (non-hydrogen) atoms. The predicted octanol–water partition coefficient (Wildman–Crippen LogP) is 2.70. The van der Waals surface area contributed by atoms with Gasteiger partial charge in [0.15, 0.2) is 6.17 Å². The van der Waals surface area contributed by atoms with Gasteiger partial charge < -0.3 is 0 Å². The van der Waals surface area contributed by atoms with Crippen LogP contribution >= 0.6 is 0 Å². The van der Waals surface area contributed by atoms with Crippen LogP contribution in [0.2, 0.25) is 0 Å². The van der Waals surface area contributed by atoms with Gasteiger partial charge in [-0.15, -0.1) is 0 Å². The highest BCUT2D eigenvalue weighted by atomic mass is 32.3. The third-order valence-electron chi connectivity index (χ3n) is 5.13. The molecule has 0 aromatic carbocycles. The summed E-state index contributed by atoms with van der Waals surface area (Å²) in [6, 6.07) is 4.01. The molecule has 2 heterocycles. The second-order valence-electron chi connectivity index (χ2n) is 7.68. The van der Waals surface area contributed by atoms with Gasteiger partial charge in [0.2, 0.25) is 0 Å². The number of hydrazine groups is 1. The summed E-state index contributed by atoms with van der Waals surface area (Å²) in [4.78, 5) is 3.92. The third kappa shape index (κ3) is 6.65. The molecule has 0 amide bonds. The summed E-state index contributed by atoms with van der Waals surface area (Å²) in [5, 5.41) is 0. The van der Waals surface area contributed by atoms with Gasteiger partial charge in [0, 0.05) is 6.20 Å². The van der Waals surface area contributed by atoms with Crippen LogP contribution in [0.5, 0.6) is 0 Å². The van der Waals surface area contributed by atoms with Gasteiger partial charge in [-0.25, -0.2) is 4.31 Å². The molecular weight excluding hydrogens is 512 g/mol. The van der Waals surface area contributed by atoms with E-state index in [2.05, 4.69) is 4.98 Å². The Bertz CT molecular complexity index is 1190. The van der Waals surface area contributed by atoms with E-state index < -0.39 is 42.8 Å². The molecule has 0 fully saturated rings. The van der Waals surface area contributed by atoms with Gasteiger partial charge in [-0.3, -0.25) is 18.6 Å². The molecule has 1 unspecified atom stereocenters. The first-order chi connectivity index (χ1) is 15.7. The van der Waals surface area contributed by atoms with Gasteiger partial charge in [0.05, 0.1) is 17.1 Å². The average molecular weight is 543 g/mol. The minimum atomic E-state index is -5.53. The van der Waals surface area contributed by atoms with Crippen molar-refractivity contribution in [1.29, 1.82) is 0 Å². The molecule has 13 nitrogen and oxygen atoms in total. The van der Waals surface area contributed by atoms with Crippen LogP contribution in [0.25, 0.3) is 0 Å². The fourth-order valence-corrected chi connectivity index (χ4v) is 6.76. The molecule has 0 bridgehead atoms. The van der Waals surface area contributed by atoms with Crippen molar-refractivity contribution in [2.24, 2.45) is 0 Å².